The minimum absolute atomic E-state index is 0.247. The van der Waals surface area contributed by atoms with Gasteiger partial charge in [0.25, 0.3) is 0 Å². The molecule has 0 bridgehead atoms. The van der Waals surface area contributed by atoms with Crippen molar-refractivity contribution in [3.05, 3.63) is 58.7 Å². The Hall–Kier alpha value is -3.38. The molecule has 0 spiro atoms. The molecule has 0 aliphatic heterocycles. The van der Waals surface area contributed by atoms with Gasteiger partial charge in [0.1, 0.15) is 5.52 Å². The summed E-state index contributed by atoms with van der Waals surface area (Å²) in [6.45, 7) is 2.65. The van der Waals surface area contributed by atoms with Gasteiger partial charge in [-0.1, -0.05) is 35.9 Å². The number of rotatable bonds is 5. The van der Waals surface area contributed by atoms with Crippen molar-refractivity contribution < 1.29 is 23.8 Å². The third kappa shape index (κ3) is 4.92. The van der Waals surface area contributed by atoms with Gasteiger partial charge >= 0.3 is 11.9 Å². The van der Waals surface area contributed by atoms with Crippen molar-refractivity contribution in [1.82, 2.24) is 4.98 Å². The molecule has 1 aromatic heterocycles. The summed E-state index contributed by atoms with van der Waals surface area (Å²) >= 11 is 6.31. The zero-order valence-electron chi connectivity index (χ0n) is 16.1. The number of methoxy groups -OCH3 is 1. The van der Waals surface area contributed by atoms with Crippen LogP contribution in [0.2, 0.25) is 5.02 Å². The Kier molecular flexibility index (Phi) is 6.14. The number of halogens is 1. The summed E-state index contributed by atoms with van der Waals surface area (Å²) in [6.07, 6.45) is 3.54. The summed E-state index contributed by atoms with van der Waals surface area (Å²) in [5.74, 6) is 0.152. The number of ether oxygens (including phenoxy) is 3. The number of aromatic nitrogens is 1. The second-order valence-corrected chi connectivity index (χ2v) is 6.52. The van der Waals surface area contributed by atoms with Gasteiger partial charge in [-0.05, 0) is 29.8 Å². The van der Waals surface area contributed by atoms with E-state index in [9.17, 15) is 9.59 Å². The number of hydrogen-bond donors (Lipinski definition) is 0. The van der Waals surface area contributed by atoms with E-state index in [2.05, 4.69) is 4.98 Å². The lowest BCUT2D eigenvalue weighted by Crippen LogP contribution is -2.03. The van der Waals surface area contributed by atoms with E-state index in [1.807, 2.05) is 18.2 Å². The van der Waals surface area contributed by atoms with Crippen LogP contribution in [0.4, 0.5) is 0 Å². The average Bonchev–Trinajstić information content (AvgIpc) is 2.67. The molecule has 3 aromatic rings. The molecule has 2 aromatic carbocycles. The number of esters is 2. The van der Waals surface area contributed by atoms with Crippen LogP contribution in [0.15, 0.2) is 42.5 Å². The van der Waals surface area contributed by atoms with Crippen LogP contribution in [-0.4, -0.2) is 24.0 Å². The molecule has 0 fully saturated rings. The lowest BCUT2D eigenvalue weighted by atomic mass is 10.1. The van der Waals surface area contributed by atoms with Crippen molar-refractivity contribution in [2.75, 3.05) is 7.11 Å². The van der Waals surface area contributed by atoms with Crippen LogP contribution in [0.25, 0.3) is 23.1 Å². The van der Waals surface area contributed by atoms with Crippen LogP contribution in [-0.2, 0) is 9.59 Å². The second-order valence-electron chi connectivity index (χ2n) is 6.11. The molecule has 0 saturated carbocycles. The molecule has 6 nitrogen and oxygen atoms in total. The Morgan fingerprint density at radius 1 is 0.931 bits per heavy atom. The van der Waals surface area contributed by atoms with E-state index in [1.165, 1.54) is 27.0 Å². The van der Waals surface area contributed by atoms with Gasteiger partial charge in [0.2, 0.25) is 0 Å². The molecule has 0 radical (unpaired) electrons. The van der Waals surface area contributed by atoms with Crippen molar-refractivity contribution in [3.8, 4) is 17.2 Å². The van der Waals surface area contributed by atoms with Crippen LogP contribution in [0.3, 0.4) is 0 Å². The number of nitrogens with zero attached hydrogens (tertiary/aromatic N) is 1. The van der Waals surface area contributed by atoms with E-state index in [4.69, 9.17) is 25.8 Å². The molecular formula is C22H18ClNO5. The highest BCUT2D eigenvalue weighted by Gasteiger charge is 2.11. The molecule has 0 unspecified atom stereocenters. The maximum atomic E-state index is 11.3. The highest BCUT2D eigenvalue weighted by molar-refractivity contribution is 6.32. The Morgan fingerprint density at radius 3 is 2.34 bits per heavy atom. The SMILES string of the molecule is COc1cc(/C=C/c2ccc3cccc(OC(C)=O)c3n2)c(Cl)cc1OC(C)=O. The Balaban J connectivity index is 1.96. The lowest BCUT2D eigenvalue weighted by molar-refractivity contribution is -0.132. The fourth-order valence-electron chi connectivity index (χ4n) is 2.71. The van der Waals surface area contributed by atoms with Crippen molar-refractivity contribution in [2.45, 2.75) is 13.8 Å². The standard InChI is InChI=1S/C22H18ClNO5/c1-13(25)28-19-6-4-5-15-7-9-17(24-22(15)19)10-8-16-11-20(27-3)21(12-18(16)23)29-14(2)26/h4-12H,1-3H3/b10-8+. The van der Waals surface area contributed by atoms with Crippen LogP contribution in [0.5, 0.6) is 17.2 Å². The van der Waals surface area contributed by atoms with E-state index in [1.54, 1.807) is 30.4 Å². The normalized spacial score (nSPS) is 10.9. The van der Waals surface area contributed by atoms with Gasteiger partial charge in [-0.15, -0.1) is 0 Å². The smallest absolute Gasteiger partial charge is 0.308 e. The number of carbonyl (C=O) groups is 2. The lowest BCUT2D eigenvalue weighted by Gasteiger charge is -2.10. The molecule has 0 aliphatic carbocycles. The predicted molar refractivity (Wildman–Crippen MR) is 111 cm³/mol. The average molecular weight is 412 g/mol. The van der Waals surface area contributed by atoms with Crippen molar-refractivity contribution >= 4 is 46.6 Å². The first-order valence-electron chi connectivity index (χ1n) is 8.69. The fourth-order valence-corrected chi connectivity index (χ4v) is 2.93. The van der Waals surface area contributed by atoms with Crippen LogP contribution in [0.1, 0.15) is 25.1 Å². The molecule has 7 heteroatoms. The molecule has 0 aliphatic rings. The van der Waals surface area contributed by atoms with E-state index >= 15 is 0 Å². The Morgan fingerprint density at radius 2 is 1.66 bits per heavy atom. The summed E-state index contributed by atoms with van der Waals surface area (Å²) in [5.41, 5.74) is 1.89. The summed E-state index contributed by atoms with van der Waals surface area (Å²) < 4.78 is 15.6. The zero-order valence-corrected chi connectivity index (χ0v) is 16.8. The third-order valence-electron chi connectivity index (χ3n) is 3.93. The first-order valence-corrected chi connectivity index (χ1v) is 9.07. The molecule has 0 amide bonds. The number of pyridine rings is 1. The van der Waals surface area contributed by atoms with Gasteiger partial charge in [0.15, 0.2) is 17.2 Å². The van der Waals surface area contributed by atoms with Gasteiger partial charge < -0.3 is 14.2 Å². The topological polar surface area (TPSA) is 74.7 Å². The second kappa shape index (κ2) is 8.75. The first kappa shape index (κ1) is 20.4. The molecule has 0 saturated heterocycles. The number of carbonyl (C=O) groups excluding carboxylic acids is 2. The molecule has 0 N–H and O–H groups in total. The van der Waals surface area contributed by atoms with Gasteiger partial charge in [0, 0.05) is 25.3 Å². The van der Waals surface area contributed by atoms with Crippen molar-refractivity contribution in [2.24, 2.45) is 0 Å². The van der Waals surface area contributed by atoms with E-state index < -0.39 is 11.9 Å². The van der Waals surface area contributed by atoms with Gasteiger partial charge in [0.05, 0.1) is 17.8 Å². The third-order valence-corrected chi connectivity index (χ3v) is 4.26. The minimum Gasteiger partial charge on any atom is -0.493 e. The quantitative estimate of drug-likeness (QED) is 0.438. The molecule has 0 atom stereocenters. The highest BCUT2D eigenvalue weighted by Crippen LogP contribution is 2.34. The summed E-state index contributed by atoms with van der Waals surface area (Å²) in [4.78, 5) is 27.1. The van der Waals surface area contributed by atoms with Crippen LogP contribution < -0.4 is 14.2 Å². The van der Waals surface area contributed by atoms with Crippen molar-refractivity contribution in [1.29, 1.82) is 0 Å². The van der Waals surface area contributed by atoms with E-state index in [0.717, 1.165) is 5.39 Å². The van der Waals surface area contributed by atoms with E-state index in [-0.39, 0.29) is 5.75 Å². The van der Waals surface area contributed by atoms with Crippen LogP contribution >= 0.6 is 11.6 Å². The number of hydrogen-bond acceptors (Lipinski definition) is 6. The molecule has 1 heterocycles. The maximum Gasteiger partial charge on any atom is 0.308 e. The monoisotopic (exact) mass is 411 g/mol. The summed E-state index contributed by atoms with van der Waals surface area (Å²) in [6, 6.07) is 12.3. The molecule has 148 valence electrons. The summed E-state index contributed by atoms with van der Waals surface area (Å²) in [5, 5.41) is 1.24. The first-order chi connectivity index (χ1) is 13.9. The molecule has 3 rings (SSSR count). The Bertz CT molecular complexity index is 1120. The van der Waals surface area contributed by atoms with Crippen molar-refractivity contribution in [3.63, 3.8) is 0 Å². The number of fused-ring (bicyclic) bond motifs is 1. The molecule has 29 heavy (non-hydrogen) atoms. The predicted octanol–water partition coefficient (Wildman–Crippen LogP) is 4.92. The van der Waals surface area contributed by atoms with Gasteiger partial charge in [-0.3, -0.25) is 9.59 Å². The maximum absolute atomic E-state index is 11.3. The largest absolute Gasteiger partial charge is 0.493 e. The highest BCUT2D eigenvalue weighted by atomic mass is 35.5. The minimum atomic E-state index is -0.466. The van der Waals surface area contributed by atoms with E-state index in [0.29, 0.717) is 33.3 Å². The number of benzene rings is 2. The van der Waals surface area contributed by atoms with Crippen LogP contribution in [0, 0.1) is 0 Å². The molecular weight excluding hydrogens is 394 g/mol. The number of para-hydroxylation sites is 1. The fraction of sp³-hybridized carbons (Fsp3) is 0.136. The summed E-state index contributed by atoms with van der Waals surface area (Å²) in [7, 11) is 1.48. The Labute approximate surface area is 172 Å². The zero-order chi connectivity index (χ0) is 21.0. The van der Waals surface area contributed by atoms with Gasteiger partial charge in [-0.2, -0.15) is 0 Å². The van der Waals surface area contributed by atoms with Gasteiger partial charge in [-0.25, -0.2) is 4.98 Å².